The highest BCUT2D eigenvalue weighted by Gasteiger charge is 2.24. The largest absolute Gasteiger partial charge is 0.494 e. The van der Waals surface area contributed by atoms with Crippen molar-refractivity contribution in [3.05, 3.63) is 24.0 Å². The maximum atomic E-state index is 13.2. The van der Waals surface area contributed by atoms with Crippen molar-refractivity contribution in [2.24, 2.45) is 0 Å². The van der Waals surface area contributed by atoms with Crippen LogP contribution in [0.2, 0.25) is 0 Å². The zero-order chi connectivity index (χ0) is 11.5. The molecule has 1 aromatic carbocycles. The third-order valence-electron chi connectivity index (χ3n) is 2.98. The molecule has 2 rings (SSSR count). The first-order chi connectivity index (χ1) is 7.70. The van der Waals surface area contributed by atoms with Crippen molar-refractivity contribution < 1.29 is 14.2 Å². The summed E-state index contributed by atoms with van der Waals surface area (Å²) < 4.78 is 18.1. The molecular weight excluding hydrogens is 209 g/mol. The summed E-state index contributed by atoms with van der Waals surface area (Å²) in [6, 6.07) is 4.70. The highest BCUT2D eigenvalue weighted by atomic mass is 19.1. The lowest BCUT2D eigenvalue weighted by molar-refractivity contribution is 0.172. The van der Waals surface area contributed by atoms with E-state index in [1.807, 2.05) is 0 Å². The van der Waals surface area contributed by atoms with E-state index in [4.69, 9.17) is 4.74 Å². The quantitative estimate of drug-likeness (QED) is 0.828. The van der Waals surface area contributed by atoms with Gasteiger partial charge in [0.05, 0.1) is 19.3 Å². The Morgan fingerprint density at radius 2 is 2.25 bits per heavy atom. The van der Waals surface area contributed by atoms with Crippen LogP contribution in [0.1, 0.15) is 19.3 Å². The van der Waals surface area contributed by atoms with Crippen LogP contribution in [0, 0.1) is 5.82 Å². The molecule has 0 spiro atoms. The van der Waals surface area contributed by atoms with E-state index < -0.39 is 0 Å². The van der Waals surface area contributed by atoms with Gasteiger partial charge in [0.15, 0.2) is 11.6 Å². The number of anilines is 1. The average Bonchev–Trinajstić information content (AvgIpc) is 2.67. The van der Waals surface area contributed by atoms with E-state index in [-0.39, 0.29) is 23.7 Å². The molecule has 0 bridgehead atoms. The van der Waals surface area contributed by atoms with Crippen molar-refractivity contribution in [2.75, 3.05) is 12.4 Å². The molecule has 16 heavy (non-hydrogen) atoms. The Bertz CT molecular complexity index is 370. The molecule has 88 valence electrons. The summed E-state index contributed by atoms with van der Waals surface area (Å²) in [7, 11) is 1.44. The number of nitrogens with one attached hydrogen (secondary N) is 1. The third-order valence-corrected chi connectivity index (χ3v) is 2.98. The summed E-state index contributed by atoms with van der Waals surface area (Å²) in [5.74, 6) is -0.155. The van der Waals surface area contributed by atoms with Gasteiger partial charge in [-0.25, -0.2) is 4.39 Å². The van der Waals surface area contributed by atoms with Gasteiger partial charge >= 0.3 is 0 Å². The fourth-order valence-corrected chi connectivity index (χ4v) is 2.07. The van der Waals surface area contributed by atoms with E-state index in [9.17, 15) is 9.50 Å². The van der Waals surface area contributed by atoms with Gasteiger partial charge in [-0.1, -0.05) is 0 Å². The number of methoxy groups -OCH3 is 1. The van der Waals surface area contributed by atoms with Crippen LogP contribution in [0.3, 0.4) is 0 Å². The van der Waals surface area contributed by atoms with Gasteiger partial charge in [-0.15, -0.1) is 0 Å². The van der Waals surface area contributed by atoms with Gasteiger partial charge in [0.2, 0.25) is 0 Å². The molecule has 2 atom stereocenters. The molecule has 3 nitrogen and oxygen atoms in total. The topological polar surface area (TPSA) is 41.5 Å². The number of aliphatic hydroxyl groups excluding tert-OH is 1. The van der Waals surface area contributed by atoms with Crippen LogP contribution in [-0.4, -0.2) is 24.4 Å². The van der Waals surface area contributed by atoms with Crippen LogP contribution >= 0.6 is 0 Å². The van der Waals surface area contributed by atoms with Gasteiger partial charge in [0, 0.05) is 11.8 Å². The smallest absolute Gasteiger partial charge is 0.165 e. The second kappa shape index (κ2) is 4.70. The number of benzene rings is 1. The van der Waals surface area contributed by atoms with Gasteiger partial charge in [0.1, 0.15) is 0 Å². The molecule has 0 saturated heterocycles. The zero-order valence-corrected chi connectivity index (χ0v) is 9.24. The summed E-state index contributed by atoms with van der Waals surface area (Å²) in [5, 5.41) is 12.9. The van der Waals surface area contributed by atoms with Gasteiger partial charge in [0.25, 0.3) is 0 Å². The summed E-state index contributed by atoms with van der Waals surface area (Å²) in [6.45, 7) is 0. The van der Waals surface area contributed by atoms with Crippen molar-refractivity contribution in [3.8, 4) is 5.75 Å². The second-order valence-corrected chi connectivity index (χ2v) is 4.10. The molecular formula is C12H16FNO2. The number of ether oxygens (including phenoxy) is 1. The van der Waals surface area contributed by atoms with Crippen LogP contribution in [0.4, 0.5) is 10.1 Å². The predicted molar refractivity (Wildman–Crippen MR) is 60.2 cm³/mol. The first-order valence-corrected chi connectivity index (χ1v) is 5.49. The first kappa shape index (κ1) is 11.2. The van der Waals surface area contributed by atoms with E-state index in [1.165, 1.54) is 13.2 Å². The van der Waals surface area contributed by atoms with Gasteiger partial charge in [-0.05, 0) is 31.4 Å². The number of rotatable bonds is 3. The van der Waals surface area contributed by atoms with Crippen LogP contribution in [0.15, 0.2) is 18.2 Å². The van der Waals surface area contributed by atoms with Crippen molar-refractivity contribution in [1.29, 1.82) is 0 Å². The standard InChI is InChI=1S/C12H16FNO2/c1-16-12-7-8(5-6-9(12)13)14-10-3-2-4-11(10)15/h5-7,10-11,14-15H,2-4H2,1H3/t10-,11-/m1/s1. The fourth-order valence-electron chi connectivity index (χ4n) is 2.07. The molecule has 0 amide bonds. The Morgan fingerprint density at radius 3 is 2.88 bits per heavy atom. The average molecular weight is 225 g/mol. The van der Waals surface area contributed by atoms with E-state index in [1.54, 1.807) is 12.1 Å². The first-order valence-electron chi connectivity index (χ1n) is 5.49. The number of hydrogen-bond donors (Lipinski definition) is 2. The minimum atomic E-state index is -0.375. The Balaban J connectivity index is 2.09. The molecule has 1 saturated carbocycles. The van der Waals surface area contributed by atoms with E-state index in [0.717, 1.165) is 24.9 Å². The minimum absolute atomic E-state index is 0.0650. The van der Waals surface area contributed by atoms with E-state index >= 15 is 0 Å². The molecule has 0 aromatic heterocycles. The van der Waals surface area contributed by atoms with Crippen molar-refractivity contribution >= 4 is 5.69 Å². The Kier molecular flexibility index (Phi) is 3.29. The Hall–Kier alpha value is -1.29. The third kappa shape index (κ3) is 2.27. The molecule has 0 unspecified atom stereocenters. The van der Waals surface area contributed by atoms with Crippen LogP contribution in [-0.2, 0) is 0 Å². The maximum absolute atomic E-state index is 13.2. The van der Waals surface area contributed by atoms with Crippen molar-refractivity contribution in [2.45, 2.75) is 31.4 Å². The zero-order valence-electron chi connectivity index (χ0n) is 9.24. The molecule has 0 aliphatic heterocycles. The SMILES string of the molecule is COc1cc(N[C@@H]2CCC[C@H]2O)ccc1F. The highest BCUT2D eigenvalue weighted by Crippen LogP contribution is 2.26. The molecule has 1 aliphatic carbocycles. The summed E-state index contributed by atoms with van der Waals surface area (Å²) in [6.07, 6.45) is 2.49. The molecule has 1 aromatic rings. The molecule has 0 radical (unpaired) electrons. The lowest BCUT2D eigenvalue weighted by Gasteiger charge is -2.18. The normalized spacial score (nSPS) is 24.4. The Labute approximate surface area is 94.2 Å². The number of hydrogen-bond acceptors (Lipinski definition) is 3. The fraction of sp³-hybridized carbons (Fsp3) is 0.500. The summed E-state index contributed by atoms with van der Waals surface area (Å²) >= 11 is 0. The lowest BCUT2D eigenvalue weighted by Crippen LogP contribution is -2.27. The molecule has 0 heterocycles. The minimum Gasteiger partial charge on any atom is -0.494 e. The van der Waals surface area contributed by atoms with Crippen LogP contribution in [0.5, 0.6) is 5.75 Å². The van der Waals surface area contributed by atoms with Crippen molar-refractivity contribution in [3.63, 3.8) is 0 Å². The van der Waals surface area contributed by atoms with Crippen LogP contribution < -0.4 is 10.1 Å². The molecule has 2 N–H and O–H groups in total. The highest BCUT2D eigenvalue weighted by molar-refractivity contribution is 5.49. The van der Waals surface area contributed by atoms with Gasteiger partial charge in [-0.2, -0.15) is 0 Å². The summed E-state index contributed by atoms with van der Waals surface area (Å²) in [5.41, 5.74) is 0.782. The molecule has 1 aliphatic rings. The van der Waals surface area contributed by atoms with Crippen LogP contribution in [0.25, 0.3) is 0 Å². The molecule has 4 heteroatoms. The lowest BCUT2D eigenvalue weighted by atomic mass is 10.2. The maximum Gasteiger partial charge on any atom is 0.165 e. The second-order valence-electron chi connectivity index (χ2n) is 4.10. The predicted octanol–water partition coefficient (Wildman–Crippen LogP) is 2.16. The number of aliphatic hydroxyl groups is 1. The van der Waals surface area contributed by atoms with Gasteiger partial charge < -0.3 is 15.2 Å². The van der Waals surface area contributed by atoms with E-state index in [2.05, 4.69) is 5.32 Å². The number of halogens is 1. The van der Waals surface area contributed by atoms with E-state index in [0.29, 0.717) is 0 Å². The monoisotopic (exact) mass is 225 g/mol. The van der Waals surface area contributed by atoms with Crippen molar-refractivity contribution in [1.82, 2.24) is 0 Å². The Morgan fingerprint density at radius 1 is 1.44 bits per heavy atom. The molecule has 1 fully saturated rings. The van der Waals surface area contributed by atoms with Gasteiger partial charge in [-0.3, -0.25) is 0 Å². The summed E-state index contributed by atoms with van der Waals surface area (Å²) in [4.78, 5) is 0.